The van der Waals surface area contributed by atoms with E-state index in [1.807, 2.05) is 0 Å². The van der Waals surface area contributed by atoms with Gasteiger partial charge in [0, 0.05) is 24.2 Å². The lowest BCUT2D eigenvalue weighted by Gasteiger charge is -2.47. The zero-order valence-corrected chi connectivity index (χ0v) is 12.0. The SMILES string of the molecule is Cc1ccccc1N1CCC(CC(=O)O)CC1(C)C. The average molecular weight is 261 g/mol. The Hall–Kier alpha value is -1.51. The number of para-hydroxylation sites is 1. The van der Waals surface area contributed by atoms with E-state index < -0.39 is 5.97 Å². The molecule has 0 aliphatic carbocycles. The number of aryl methyl sites for hydroxylation is 1. The molecule has 2 rings (SSSR count). The predicted octanol–water partition coefficient (Wildman–Crippen LogP) is 3.46. The topological polar surface area (TPSA) is 40.5 Å². The molecule has 1 fully saturated rings. The first-order chi connectivity index (χ1) is 8.90. The summed E-state index contributed by atoms with van der Waals surface area (Å²) in [6.07, 6.45) is 2.20. The normalized spacial score (nSPS) is 22.3. The van der Waals surface area contributed by atoms with Gasteiger partial charge in [-0.2, -0.15) is 0 Å². The van der Waals surface area contributed by atoms with Crippen LogP contribution in [0.4, 0.5) is 5.69 Å². The fraction of sp³-hybridized carbons (Fsp3) is 0.562. The molecule has 0 spiro atoms. The van der Waals surface area contributed by atoms with Crippen molar-refractivity contribution in [3.05, 3.63) is 29.8 Å². The quantitative estimate of drug-likeness (QED) is 0.905. The minimum Gasteiger partial charge on any atom is -0.481 e. The number of hydrogen-bond acceptors (Lipinski definition) is 2. The smallest absolute Gasteiger partial charge is 0.303 e. The first kappa shape index (κ1) is 13.9. The maximum atomic E-state index is 10.9. The molecule has 19 heavy (non-hydrogen) atoms. The van der Waals surface area contributed by atoms with Gasteiger partial charge in [0.1, 0.15) is 0 Å². The minimum atomic E-state index is -0.676. The molecule has 0 saturated carbocycles. The van der Waals surface area contributed by atoms with E-state index in [9.17, 15) is 4.79 Å². The number of carboxylic acids is 1. The van der Waals surface area contributed by atoms with E-state index in [1.54, 1.807) is 0 Å². The van der Waals surface area contributed by atoms with E-state index in [0.717, 1.165) is 19.4 Å². The maximum absolute atomic E-state index is 10.9. The molecule has 1 saturated heterocycles. The third kappa shape index (κ3) is 3.09. The van der Waals surface area contributed by atoms with Crippen molar-refractivity contribution in [3.8, 4) is 0 Å². The third-order valence-electron chi connectivity index (χ3n) is 4.15. The number of carboxylic acid groups (broad SMARTS) is 1. The molecule has 1 aromatic carbocycles. The summed E-state index contributed by atoms with van der Waals surface area (Å²) in [6, 6.07) is 8.42. The number of hydrogen-bond donors (Lipinski definition) is 1. The highest BCUT2D eigenvalue weighted by Gasteiger charge is 2.35. The van der Waals surface area contributed by atoms with Gasteiger partial charge in [0.15, 0.2) is 0 Å². The van der Waals surface area contributed by atoms with Gasteiger partial charge in [-0.15, -0.1) is 0 Å². The van der Waals surface area contributed by atoms with Crippen LogP contribution in [-0.4, -0.2) is 23.2 Å². The summed E-state index contributed by atoms with van der Waals surface area (Å²) in [5.74, 6) is -0.377. The molecular weight excluding hydrogens is 238 g/mol. The van der Waals surface area contributed by atoms with Crippen LogP contribution in [0.5, 0.6) is 0 Å². The van der Waals surface area contributed by atoms with Crippen molar-refractivity contribution in [1.29, 1.82) is 0 Å². The highest BCUT2D eigenvalue weighted by molar-refractivity contribution is 5.67. The Bertz CT molecular complexity index is 468. The number of piperidine rings is 1. The molecule has 1 atom stereocenters. The van der Waals surface area contributed by atoms with Crippen molar-refractivity contribution in [2.75, 3.05) is 11.4 Å². The predicted molar refractivity (Wildman–Crippen MR) is 77.6 cm³/mol. The van der Waals surface area contributed by atoms with Crippen LogP contribution in [0.15, 0.2) is 24.3 Å². The van der Waals surface area contributed by atoms with E-state index >= 15 is 0 Å². The Kier molecular flexibility index (Phi) is 3.83. The molecule has 3 heteroatoms. The summed E-state index contributed by atoms with van der Waals surface area (Å²) in [7, 11) is 0. The lowest BCUT2D eigenvalue weighted by atomic mass is 9.80. The molecule has 1 unspecified atom stereocenters. The van der Waals surface area contributed by atoms with Gasteiger partial charge < -0.3 is 10.0 Å². The molecule has 0 amide bonds. The van der Waals surface area contributed by atoms with Crippen LogP contribution in [0.2, 0.25) is 0 Å². The van der Waals surface area contributed by atoms with E-state index in [1.165, 1.54) is 11.3 Å². The molecule has 1 heterocycles. The number of anilines is 1. The van der Waals surface area contributed by atoms with E-state index in [2.05, 4.69) is 49.9 Å². The largest absolute Gasteiger partial charge is 0.481 e. The van der Waals surface area contributed by atoms with E-state index in [-0.39, 0.29) is 5.54 Å². The Morgan fingerprint density at radius 3 is 2.68 bits per heavy atom. The van der Waals surface area contributed by atoms with Gasteiger partial charge >= 0.3 is 5.97 Å². The van der Waals surface area contributed by atoms with Gasteiger partial charge in [0.25, 0.3) is 0 Å². The highest BCUT2D eigenvalue weighted by Crippen LogP contribution is 2.37. The summed E-state index contributed by atoms with van der Waals surface area (Å²) in [5, 5.41) is 8.95. The van der Waals surface area contributed by atoms with Gasteiger partial charge in [-0.1, -0.05) is 18.2 Å². The lowest BCUT2D eigenvalue weighted by molar-refractivity contribution is -0.138. The summed E-state index contributed by atoms with van der Waals surface area (Å²) in [5.41, 5.74) is 2.58. The zero-order chi connectivity index (χ0) is 14.0. The molecule has 3 nitrogen and oxygen atoms in total. The van der Waals surface area contributed by atoms with Crippen LogP contribution >= 0.6 is 0 Å². The fourth-order valence-electron chi connectivity index (χ4n) is 3.27. The molecule has 104 valence electrons. The molecule has 0 radical (unpaired) electrons. The standard InChI is InChI=1S/C16H23NO2/c1-12-6-4-5-7-14(12)17-9-8-13(10-15(18)19)11-16(17,2)3/h4-7,13H,8-11H2,1-3H3,(H,18,19). The average Bonchev–Trinajstić information content (AvgIpc) is 2.29. The van der Waals surface area contributed by atoms with Crippen LogP contribution in [-0.2, 0) is 4.79 Å². The molecule has 0 bridgehead atoms. The van der Waals surface area contributed by atoms with Gasteiger partial charge in [-0.25, -0.2) is 0 Å². The Morgan fingerprint density at radius 1 is 1.42 bits per heavy atom. The molecule has 1 aliphatic heterocycles. The van der Waals surface area contributed by atoms with Gasteiger partial charge in [-0.05, 0) is 51.2 Å². The van der Waals surface area contributed by atoms with Gasteiger partial charge in [-0.3, -0.25) is 4.79 Å². The second kappa shape index (κ2) is 5.24. The van der Waals surface area contributed by atoms with Crippen LogP contribution in [0.25, 0.3) is 0 Å². The Balaban J connectivity index is 2.17. The van der Waals surface area contributed by atoms with Crippen molar-refractivity contribution >= 4 is 11.7 Å². The highest BCUT2D eigenvalue weighted by atomic mass is 16.4. The number of carbonyl (C=O) groups is 1. The number of nitrogens with zero attached hydrogens (tertiary/aromatic N) is 1. The third-order valence-corrected chi connectivity index (χ3v) is 4.15. The first-order valence-corrected chi connectivity index (χ1v) is 6.95. The van der Waals surface area contributed by atoms with Gasteiger partial charge in [0.2, 0.25) is 0 Å². The van der Waals surface area contributed by atoms with Gasteiger partial charge in [0.05, 0.1) is 0 Å². The van der Waals surface area contributed by atoms with Crippen molar-refractivity contribution in [3.63, 3.8) is 0 Å². The summed E-state index contributed by atoms with van der Waals surface area (Å²) in [4.78, 5) is 13.3. The monoisotopic (exact) mass is 261 g/mol. The van der Waals surface area contributed by atoms with Crippen molar-refractivity contribution < 1.29 is 9.90 Å². The molecule has 0 aromatic heterocycles. The van der Waals surface area contributed by atoms with Crippen LogP contribution in [0, 0.1) is 12.8 Å². The summed E-state index contributed by atoms with van der Waals surface area (Å²) >= 11 is 0. The lowest BCUT2D eigenvalue weighted by Crippen LogP contribution is -2.50. The number of benzene rings is 1. The van der Waals surface area contributed by atoms with Crippen LogP contribution in [0.3, 0.4) is 0 Å². The molecule has 1 aromatic rings. The Labute approximate surface area is 115 Å². The second-order valence-corrected chi connectivity index (χ2v) is 6.21. The van der Waals surface area contributed by atoms with Crippen molar-refractivity contribution in [2.24, 2.45) is 5.92 Å². The first-order valence-electron chi connectivity index (χ1n) is 6.95. The number of aliphatic carboxylic acids is 1. The summed E-state index contributed by atoms with van der Waals surface area (Å²) in [6.45, 7) is 7.51. The second-order valence-electron chi connectivity index (χ2n) is 6.21. The molecular formula is C16H23NO2. The minimum absolute atomic E-state index is 0.0183. The maximum Gasteiger partial charge on any atom is 0.303 e. The molecule has 1 aliphatic rings. The van der Waals surface area contributed by atoms with Crippen molar-refractivity contribution in [1.82, 2.24) is 0 Å². The van der Waals surface area contributed by atoms with Crippen molar-refractivity contribution in [2.45, 2.75) is 45.6 Å². The van der Waals surface area contributed by atoms with Crippen LogP contribution < -0.4 is 4.90 Å². The Morgan fingerprint density at radius 2 is 2.11 bits per heavy atom. The van der Waals surface area contributed by atoms with Crippen LogP contribution in [0.1, 0.15) is 38.7 Å². The van der Waals surface area contributed by atoms with E-state index in [4.69, 9.17) is 5.11 Å². The van der Waals surface area contributed by atoms with E-state index in [0.29, 0.717) is 12.3 Å². The number of rotatable bonds is 3. The zero-order valence-electron chi connectivity index (χ0n) is 12.0. The summed E-state index contributed by atoms with van der Waals surface area (Å²) < 4.78 is 0. The molecule has 1 N–H and O–H groups in total. The fourth-order valence-corrected chi connectivity index (χ4v) is 3.27.